The van der Waals surface area contributed by atoms with E-state index in [1.165, 1.54) is 9.96 Å². The van der Waals surface area contributed by atoms with Gasteiger partial charge in [0.1, 0.15) is 5.58 Å². The molecule has 51 heavy (non-hydrogen) atoms. The van der Waals surface area contributed by atoms with Gasteiger partial charge in [0, 0.05) is 31.2 Å². The molecule has 0 aliphatic rings. The molecule has 1 radical (unpaired) electrons. The van der Waals surface area contributed by atoms with E-state index in [0.29, 0.717) is 0 Å². The van der Waals surface area contributed by atoms with Crippen LogP contribution in [-0.4, -0.2) is 27.8 Å². The third-order valence-corrected chi connectivity index (χ3v) is 13.2. The number of imidazole rings is 1. The van der Waals surface area contributed by atoms with Crippen molar-refractivity contribution in [1.82, 2.24) is 14.5 Å². The second-order valence-electron chi connectivity index (χ2n) is 13.3. The number of aromatic nitrogens is 3. The molecule has 0 atom stereocenters. The first-order valence-electron chi connectivity index (χ1n) is 16.8. The van der Waals surface area contributed by atoms with Gasteiger partial charge >= 0.3 is 99.8 Å². The van der Waals surface area contributed by atoms with Crippen LogP contribution in [0.4, 0.5) is 0 Å². The van der Waals surface area contributed by atoms with E-state index in [0.717, 1.165) is 66.9 Å². The Morgan fingerprint density at radius 2 is 1.41 bits per heavy atom. The summed E-state index contributed by atoms with van der Waals surface area (Å²) >= 11 is -1.72. The van der Waals surface area contributed by atoms with Crippen LogP contribution in [0.3, 0.4) is 0 Å². The monoisotopic (exact) mass is 900 g/mol. The van der Waals surface area contributed by atoms with Crippen LogP contribution in [0.15, 0.2) is 162 Å². The van der Waals surface area contributed by atoms with Crippen molar-refractivity contribution in [2.24, 2.45) is 0 Å². The van der Waals surface area contributed by atoms with Crippen LogP contribution in [0.5, 0.6) is 0 Å². The van der Waals surface area contributed by atoms with Gasteiger partial charge in [-0.1, -0.05) is 83.7 Å². The van der Waals surface area contributed by atoms with Gasteiger partial charge in [0.25, 0.3) is 0 Å². The minimum atomic E-state index is -1.72. The fourth-order valence-electron chi connectivity index (χ4n) is 6.32. The summed E-state index contributed by atoms with van der Waals surface area (Å²) in [5, 5.41) is 2.17. The molecule has 0 aliphatic heterocycles. The Labute approximate surface area is 314 Å². The van der Waals surface area contributed by atoms with E-state index in [1.807, 2.05) is 66.9 Å². The molecular formula is C45H35GeIrN3O-2. The molecule has 251 valence electrons. The molecule has 0 N–H and O–H groups in total. The predicted octanol–water partition coefficient (Wildman–Crippen LogP) is 11.2. The van der Waals surface area contributed by atoms with Gasteiger partial charge in [-0.2, -0.15) is 0 Å². The van der Waals surface area contributed by atoms with E-state index < -0.39 is 13.3 Å². The van der Waals surface area contributed by atoms with Crippen molar-refractivity contribution in [3.05, 3.63) is 170 Å². The molecule has 3 aromatic heterocycles. The average Bonchev–Trinajstić information content (AvgIpc) is 3.75. The molecule has 0 aliphatic carbocycles. The SMILES string of the molecule is [CH3][Ge]([CH3])([CH3])[c]1ccc(-c2[c-]cccc2)nc1.[Ir].[c-]1ccc2c(oc3ccccc32)c1-c1nc2ccccc2n1-c1cccc(-c2ccccc2)c1. The molecule has 0 bridgehead atoms. The largest absolute Gasteiger partial charge is 0.501 e. The minimum Gasteiger partial charge on any atom is -0.501 e. The number of pyridine rings is 1. The number of benzene rings is 6. The first-order chi connectivity index (χ1) is 24.4. The Hall–Kier alpha value is -5.07. The number of fused-ring (bicyclic) bond motifs is 4. The van der Waals surface area contributed by atoms with E-state index in [4.69, 9.17) is 9.40 Å². The molecule has 9 aromatic rings. The maximum absolute atomic E-state index is 6.33. The number of rotatable bonds is 5. The van der Waals surface area contributed by atoms with Crippen molar-refractivity contribution >= 4 is 50.6 Å². The molecule has 0 spiro atoms. The molecule has 6 aromatic carbocycles. The molecule has 3 heterocycles. The zero-order valence-corrected chi connectivity index (χ0v) is 33.1. The first-order valence-corrected chi connectivity index (χ1v) is 24.2. The minimum absolute atomic E-state index is 0. The molecule has 9 rings (SSSR count). The molecule has 4 nitrogen and oxygen atoms in total. The summed E-state index contributed by atoms with van der Waals surface area (Å²) in [7, 11) is 0. The van der Waals surface area contributed by atoms with Crippen LogP contribution in [0, 0.1) is 12.1 Å². The Kier molecular flexibility index (Phi) is 9.88. The Bertz CT molecular complexity index is 2570. The van der Waals surface area contributed by atoms with E-state index >= 15 is 0 Å². The molecule has 0 saturated carbocycles. The fourth-order valence-corrected chi connectivity index (χ4v) is 8.49. The van der Waals surface area contributed by atoms with Crippen molar-refractivity contribution < 1.29 is 24.5 Å². The third-order valence-electron chi connectivity index (χ3n) is 8.95. The maximum atomic E-state index is 6.33. The number of hydrogen-bond acceptors (Lipinski definition) is 3. The normalized spacial score (nSPS) is 11.3. The van der Waals surface area contributed by atoms with Crippen molar-refractivity contribution in [2.75, 3.05) is 0 Å². The number of nitrogens with zero attached hydrogens (tertiary/aromatic N) is 3. The first kappa shape index (κ1) is 34.4. The van der Waals surface area contributed by atoms with Crippen LogP contribution in [0.1, 0.15) is 0 Å². The zero-order chi connectivity index (χ0) is 34.1. The summed E-state index contributed by atoms with van der Waals surface area (Å²) in [6.07, 6.45) is 2.04. The standard InChI is InChI=1S/C31H19N2O.C14H16GeN.Ir/c1-2-10-21(11-3-1)22-12-8-13-23(20-22)33-28-18-6-5-17-27(28)32-31(33)26-16-9-15-25-24-14-4-7-19-29(24)34-30(25)26;1-15(2,3)13-9-10-14(16-11-13)12-7-5-4-6-8-12;/h1-15,17-20H;4-7,9-11H,1-3H3;/q2*-1;. The molecule has 0 amide bonds. The summed E-state index contributed by atoms with van der Waals surface area (Å²) in [6.45, 7) is 0. The van der Waals surface area contributed by atoms with Gasteiger partial charge in [0.2, 0.25) is 0 Å². The molecule has 0 saturated heterocycles. The van der Waals surface area contributed by atoms with E-state index in [9.17, 15) is 0 Å². The van der Waals surface area contributed by atoms with Crippen LogP contribution in [-0.2, 0) is 20.1 Å². The molecule has 0 unspecified atom stereocenters. The number of hydrogen-bond donors (Lipinski definition) is 0. The maximum Gasteiger partial charge on any atom is 0.120 e. The average molecular weight is 899 g/mol. The second kappa shape index (κ2) is 14.7. The van der Waals surface area contributed by atoms with Gasteiger partial charge < -0.3 is 8.98 Å². The van der Waals surface area contributed by atoms with Gasteiger partial charge in [-0.25, -0.2) is 0 Å². The summed E-state index contributed by atoms with van der Waals surface area (Å²) in [5.41, 5.74) is 9.97. The van der Waals surface area contributed by atoms with Gasteiger partial charge in [0.15, 0.2) is 0 Å². The summed E-state index contributed by atoms with van der Waals surface area (Å²) in [4.78, 5) is 9.58. The van der Waals surface area contributed by atoms with Crippen molar-refractivity contribution in [2.45, 2.75) is 17.3 Å². The van der Waals surface area contributed by atoms with E-state index in [1.54, 1.807) is 0 Å². The van der Waals surface area contributed by atoms with Crippen LogP contribution in [0.25, 0.3) is 72.4 Å². The van der Waals surface area contributed by atoms with Crippen molar-refractivity contribution in [3.8, 4) is 39.5 Å². The Morgan fingerprint density at radius 1 is 0.647 bits per heavy atom. The smallest absolute Gasteiger partial charge is 0.120 e. The van der Waals surface area contributed by atoms with Crippen LogP contribution >= 0.6 is 0 Å². The number of furan rings is 1. The van der Waals surface area contributed by atoms with Gasteiger partial charge in [0.05, 0.1) is 22.4 Å². The van der Waals surface area contributed by atoms with E-state index in [2.05, 4.69) is 130 Å². The molecule has 0 fully saturated rings. The summed E-state index contributed by atoms with van der Waals surface area (Å²) in [6, 6.07) is 58.3. The molecule has 6 heteroatoms. The summed E-state index contributed by atoms with van der Waals surface area (Å²) < 4.78 is 9.99. The predicted molar refractivity (Wildman–Crippen MR) is 210 cm³/mol. The Balaban J connectivity index is 0.000000202. The van der Waals surface area contributed by atoms with E-state index in [-0.39, 0.29) is 20.1 Å². The van der Waals surface area contributed by atoms with Crippen molar-refractivity contribution in [3.63, 3.8) is 0 Å². The van der Waals surface area contributed by atoms with Crippen LogP contribution in [0.2, 0.25) is 17.3 Å². The van der Waals surface area contributed by atoms with Gasteiger partial charge in [-0.15, -0.1) is 18.2 Å². The Morgan fingerprint density at radius 3 is 2.20 bits per heavy atom. The third kappa shape index (κ3) is 6.98. The van der Waals surface area contributed by atoms with Crippen molar-refractivity contribution in [1.29, 1.82) is 0 Å². The van der Waals surface area contributed by atoms with Crippen LogP contribution < -0.4 is 4.40 Å². The summed E-state index contributed by atoms with van der Waals surface area (Å²) in [5.74, 6) is 7.96. The topological polar surface area (TPSA) is 43.9 Å². The second-order valence-corrected chi connectivity index (χ2v) is 24.0. The number of para-hydroxylation sites is 3. The van der Waals surface area contributed by atoms with Gasteiger partial charge in [-0.05, 0) is 41.5 Å². The van der Waals surface area contributed by atoms with Gasteiger partial charge in [-0.3, -0.25) is 4.98 Å². The fraction of sp³-hybridized carbons (Fsp3) is 0.0667. The molecular weight excluding hydrogens is 863 g/mol. The quantitative estimate of drug-likeness (QED) is 0.128. The zero-order valence-electron chi connectivity index (χ0n) is 28.6.